The molecule has 0 saturated carbocycles. The quantitative estimate of drug-likeness (QED) is 0.372. The largest absolute Gasteiger partial charge is 0.493 e. The van der Waals surface area contributed by atoms with Crippen LogP contribution >= 0.6 is 11.6 Å². The van der Waals surface area contributed by atoms with Crippen LogP contribution in [0.1, 0.15) is 80.0 Å². The highest BCUT2D eigenvalue weighted by Gasteiger charge is 2.43. The van der Waals surface area contributed by atoms with Crippen LogP contribution in [0, 0.1) is 13.8 Å². The SMILES string of the molecule is CCCN1C2=C(C(=O)CCC2)C(c2cc(Cl)c(OCc3cc(C)cc(C)c3)c(OC)c2)C2=C1CCCC2=O. The third-order valence-corrected chi connectivity index (χ3v) is 8.06. The summed E-state index contributed by atoms with van der Waals surface area (Å²) in [6.07, 6.45) is 5.36. The van der Waals surface area contributed by atoms with Crippen molar-refractivity contribution in [3.8, 4) is 11.5 Å². The van der Waals surface area contributed by atoms with E-state index in [4.69, 9.17) is 21.1 Å². The van der Waals surface area contributed by atoms with Crippen molar-refractivity contribution < 1.29 is 19.1 Å². The van der Waals surface area contributed by atoms with E-state index in [0.29, 0.717) is 36.0 Å². The van der Waals surface area contributed by atoms with Gasteiger partial charge in [-0.15, -0.1) is 0 Å². The number of methoxy groups -OCH3 is 1. The molecular formula is C32H36ClNO4. The smallest absolute Gasteiger partial charge is 0.180 e. The molecule has 2 aromatic carbocycles. The van der Waals surface area contributed by atoms with Crippen LogP contribution in [-0.2, 0) is 16.2 Å². The zero-order valence-electron chi connectivity index (χ0n) is 22.8. The zero-order chi connectivity index (χ0) is 27.0. The van der Waals surface area contributed by atoms with Crippen LogP contribution in [0.4, 0.5) is 0 Å². The van der Waals surface area contributed by atoms with E-state index in [9.17, 15) is 9.59 Å². The minimum atomic E-state index is -0.423. The Morgan fingerprint density at radius 2 is 1.50 bits per heavy atom. The van der Waals surface area contributed by atoms with Gasteiger partial charge in [0, 0.05) is 47.8 Å². The molecule has 0 atom stereocenters. The molecule has 0 fully saturated rings. The third-order valence-electron chi connectivity index (χ3n) is 7.78. The number of hydrogen-bond acceptors (Lipinski definition) is 5. The first-order valence-electron chi connectivity index (χ1n) is 13.7. The van der Waals surface area contributed by atoms with Crippen molar-refractivity contribution in [1.82, 2.24) is 4.90 Å². The lowest BCUT2D eigenvalue weighted by atomic mass is 9.71. The van der Waals surface area contributed by atoms with Crippen molar-refractivity contribution >= 4 is 23.2 Å². The first-order chi connectivity index (χ1) is 18.3. The Kier molecular flexibility index (Phi) is 7.67. The lowest BCUT2D eigenvalue weighted by Gasteiger charge is -2.44. The molecule has 2 aliphatic carbocycles. The average Bonchev–Trinajstić information content (AvgIpc) is 2.88. The topological polar surface area (TPSA) is 55.8 Å². The standard InChI is InChI=1S/C32H36ClNO4/c1-5-12-34-24-8-6-10-26(35)30(24)29(31-25(34)9-7-11-27(31)36)22-16-23(33)32(28(17-22)37-4)38-18-21-14-19(2)13-20(3)15-21/h13-17,29H,5-12,18H2,1-4H3. The summed E-state index contributed by atoms with van der Waals surface area (Å²) >= 11 is 6.85. The Labute approximate surface area is 230 Å². The van der Waals surface area contributed by atoms with E-state index >= 15 is 0 Å². The number of ether oxygens (including phenoxy) is 2. The Bertz CT molecular complexity index is 1290. The molecule has 0 saturated heterocycles. The van der Waals surface area contributed by atoms with Crippen molar-refractivity contribution in [2.75, 3.05) is 13.7 Å². The van der Waals surface area contributed by atoms with Gasteiger partial charge in [-0.05, 0) is 69.2 Å². The van der Waals surface area contributed by atoms with Crippen LogP contribution in [0.3, 0.4) is 0 Å². The number of carbonyl (C=O) groups is 2. The van der Waals surface area contributed by atoms with Gasteiger partial charge >= 0.3 is 0 Å². The van der Waals surface area contributed by atoms with Crippen LogP contribution in [0.5, 0.6) is 11.5 Å². The number of halogens is 1. The van der Waals surface area contributed by atoms with E-state index in [1.807, 2.05) is 12.1 Å². The summed E-state index contributed by atoms with van der Waals surface area (Å²) in [5.41, 5.74) is 7.92. The summed E-state index contributed by atoms with van der Waals surface area (Å²) in [4.78, 5) is 29.2. The van der Waals surface area contributed by atoms with Gasteiger partial charge in [0.2, 0.25) is 0 Å². The molecular weight excluding hydrogens is 498 g/mol. The number of allylic oxidation sites excluding steroid dienone is 4. The number of rotatable bonds is 7. The van der Waals surface area contributed by atoms with E-state index in [1.54, 1.807) is 7.11 Å². The first-order valence-corrected chi connectivity index (χ1v) is 14.1. The number of carbonyl (C=O) groups excluding carboxylic acids is 2. The van der Waals surface area contributed by atoms with Gasteiger partial charge in [-0.3, -0.25) is 9.59 Å². The van der Waals surface area contributed by atoms with Crippen molar-refractivity contribution in [3.63, 3.8) is 0 Å². The lowest BCUT2D eigenvalue weighted by Crippen LogP contribution is -2.39. The molecule has 200 valence electrons. The fourth-order valence-electron chi connectivity index (χ4n) is 6.40. The number of aryl methyl sites for hydroxylation is 2. The Hall–Kier alpha value is -3.05. The van der Waals surface area contributed by atoms with Gasteiger partial charge in [-0.1, -0.05) is 47.9 Å². The Balaban J connectivity index is 1.59. The molecule has 0 aromatic heterocycles. The van der Waals surface area contributed by atoms with Crippen molar-refractivity contribution in [2.24, 2.45) is 0 Å². The van der Waals surface area contributed by atoms with Gasteiger partial charge in [0.15, 0.2) is 23.1 Å². The molecule has 2 aromatic rings. The lowest BCUT2D eigenvalue weighted by molar-refractivity contribution is -0.117. The summed E-state index contributed by atoms with van der Waals surface area (Å²) < 4.78 is 11.9. The predicted molar refractivity (Wildman–Crippen MR) is 150 cm³/mol. The molecule has 6 heteroatoms. The summed E-state index contributed by atoms with van der Waals surface area (Å²) in [6.45, 7) is 7.45. The summed E-state index contributed by atoms with van der Waals surface area (Å²) in [6, 6.07) is 10.1. The number of benzene rings is 2. The minimum Gasteiger partial charge on any atom is -0.493 e. The second-order valence-corrected chi connectivity index (χ2v) is 11.1. The van der Waals surface area contributed by atoms with Crippen LogP contribution < -0.4 is 9.47 Å². The molecule has 5 nitrogen and oxygen atoms in total. The van der Waals surface area contributed by atoms with Gasteiger partial charge < -0.3 is 14.4 Å². The molecule has 3 aliphatic rings. The van der Waals surface area contributed by atoms with Crippen LogP contribution in [-0.4, -0.2) is 30.1 Å². The van der Waals surface area contributed by atoms with E-state index in [2.05, 4.69) is 43.9 Å². The summed E-state index contributed by atoms with van der Waals surface area (Å²) in [5, 5.41) is 0.413. The van der Waals surface area contributed by atoms with Gasteiger partial charge in [-0.25, -0.2) is 0 Å². The Morgan fingerprint density at radius 1 is 0.895 bits per heavy atom. The van der Waals surface area contributed by atoms with E-state index in [1.165, 1.54) is 11.1 Å². The second-order valence-electron chi connectivity index (χ2n) is 10.7. The second kappa shape index (κ2) is 11.0. The molecule has 1 aliphatic heterocycles. The molecule has 0 N–H and O–H groups in total. The molecule has 0 radical (unpaired) electrons. The zero-order valence-corrected chi connectivity index (χ0v) is 23.5. The predicted octanol–water partition coefficient (Wildman–Crippen LogP) is 7.37. The fraction of sp³-hybridized carbons (Fsp3) is 0.438. The third kappa shape index (κ3) is 4.89. The monoisotopic (exact) mass is 533 g/mol. The minimum absolute atomic E-state index is 0.132. The normalized spacial score (nSPS) is 18.1. The molecule has 0 unspecified atom stereocenters. The fourth-order valence-corrected chi connectivity index (χ4v) is 6.67. The highest BCUT2D eigenvalue weighted by atomic mass is 35.5. The van der Waals surface area contributed by atoms with Crippen molar-refractivity contribution in [1.29, 1.82) is 0 Å². The van der Waals surface area contributed by atoms with Gasteiger partial charge in [0.1, 0.15) is 6.61 Å². The van der Waals surface area contributed by atoms with Gasteiger partial charge in [0.05, 0.1) is 12.1 Å². The highest BCUT2D eigenvalue weighted by molar-refractivity contribution is 6.32. The van der Waals surface area contributed by atoms with Crippen LogP contribution in [0.2, 0.25) is 5.02 Å². The van der Waals surface area contributed by atoms with E-state index in [-0.39, 0.29) is 11.6 Å². The molecule has 0 bridgehead atoms. The molecule has 1 heterocycles. The average molecular weight is 534 g/mol. The maximum Gasteiger partial charge on any atom is 0.180 e. The highest BCUT2D eigenvalue weighted by Crippen LogP contribution is 2.51. The van der Waals surface area contributed by atoms with Gasteiger partial charge in [0.25, 0.3) is 0 Å². The Morgan fingerprint density at radius 3 is 2.05 bits per heavy atom. The number of Topliss-reactive ketones (excluding diaryl/α,β-unsaturated/α-hetero) is 2. The van der Waals surface area contributed by atoms with Crippen LogP contribution in [0.25, 0.3) is 0 Å². The van der Waals surface area contributed by atoms with E-state index in [0.717, 1.165) is 72.3 Å². The molecule has 0 amide bonds. The number of hydrogen-bond donors (Lipinski definition) is 0. The molecule has 5 rings (SSSR count). The summed E-state index contributed by atoms with van der Waals surface area (Å²) in [5.74, 6) is 0.811. The van der Waals surface area contributed by atoms with Gasteiger partial charge in [-0.2, -0.15) is 0 Å². The first kappa shape index (κ1) is 26.6. The summed E-state index contributed by atoms with van der Waals surface area (Å²) in [7, 11) is 1.59. The maximum absolute atomic E-state index is 13.5. The number of ketones is 2. The van der Waals surface area contributed by atoms with Crippen LogP contribution in [0.15, 0.2) is 52.9 Å². The van der Waals surface area contributed by atoms with Crippen molar-refractivity contribution in [3.05, 3.63) is 80.1 Å². The molecule has 38 heavy (non-hydrogen) atoms. The van der Waals surface area contributed by atoms with Crippen molar-refractivity contribution in [2.45, 2.75) is 78.2 Å². The molecule has 0 spiro atoms. The van der Waals surface area contributed by atoms with E-state index < -0.39 is 5.92 Å². The number of nitrogens with zero attached hydrogens (tertiary/aromatic N) is 1. The maximum atomic E-state index is 13.5.